The Labute approximate surface area is 94.3 Å². The molecule has 0 saturated carbocycles. The quantitative estimate of drug-likeness (QED) is 0.587. The van der Waals surface area contributed by atoms with Gasteiger partial charge in [-0.15, -0.1) is 11.6 Å². The molecule has 0 radical (unpaired) electrons. The zero-order valence-electron chi connectivity index (χ0n) is 8.40. The molecular weight excluding hydrogens is 238 g/mol. The number of aromatic nitrogens is 2. The van der Waals surface area contributed by atoms with Crippen LogP contribution in [0.2, 0.25) is 0 Å². The molecule has 0 amide bonds. The summed E-state index contributed by atoms with van der Waals surface area (Å²) < 4.78 is 25.5. The number of rotatable bonds is 6. The van der Waals surface area contributed by atoms with Crippen LogP contribution in [0.4, 0.5) is 0 Å². The van der Waals surface area contributed by atoms with E-state index in [0.717, 1.165) is 12.8 Å². The Kier molecular flexibility index (Phi) is 4.56. The van der Waals surface area contributed by atoms with Gasteiger partial charge >= 0.3 is 0 Å². The molecule has 1 atom stereocenters. The van der Waals surface area contributed by atoms with Gasteiger partial charge in [0.2, 0.25) is 10.0 Å². The standard InChI is InChI=1S/C8H14ClN3O2S/c1-7(9)3-2-4-12-15(13,14)8-5-10-11-6-8/h5-7,12H,2-4H2,1H3,(H,10,11). The van der Waals surface area contributed by atoms with Crippen LogP contribution in [0, 0.1) is 0 Å². The van der Waals surface area contributed by atoms with Crippen molar-refractivity contribution in [2.45, 2.75) is 30.0 Å². The van der Waals surface area contributed by atoms with Crippen LogP contribution in [0.15, 0.2) is 17.3 Å². The predicted octanol–water partition coefficient (Wildman–Crippen LogP) is 1.10. The van der Waals surface area contributed by atoms with Gasteiger partial charge in [0.1, 0.15) is 4.90 Å². The fraction of sp³-hybridized carbons (Fsp3) is 0.625. The highest BCUT2D eigenvalue weighted by Crippen LogP contribution is 2.06. The molecule has 2 N–H and O–H groups in total. The van der Waals surface area contributed by atoms with Gasteiger partial charge in [0.25, 0.3) is 0 Å². The lowest BCUT2D eigenvalue weighted by atomic mass is 10.2. The molecule has 1 aromatic rings. The van der Waals surface area contributed by atoms with Crippen molar-refractivity contribution < 1.29 is 8.42 Å². The highest BCUT2D eigenvalue weighted by Gasteiger charge is 2.13. The number of halogens is 1. The van der Waals surface area contributed by atoms with Crippen molar-refractivity contribution in [1.29, 1.82) is 0 Å². The maximum Gasteiger partial charge on any atom is 0.243 e. The Hall–Kier alpha value is -0.590. The van der Waals surface area contributed by atoms with Crippen molar-refractivity contribution in [2.24, 2.45) is 0 Å². The first kappa shape index (κ1) is 12.5. The summed E-state index contributed by atoms with van der Waals surface area (Å²) in [4.78, 5) is 0.154. The molecule has 1 rings (SSSR count). The van der Waals surface area contributed by atoms with Gasteiger partial charge in [-0.25, -0.2) is 13.1 Å². The number of aromatic amines is 1. The van der Waals surface area contributed by atoms with Crippen LogP contribution >= 0.6 is 11.6 Å². The number of hydrogen-bond donors (Lipinski definition) is 2. The van der Waals surface area contributed by atoms with Crippen molar-refractivity contribution in [3.05, 3.63) is 12.4 Å². The second-order valence-corrected chi connectivity index (χ2v) is 5.77. The summed E-state index contributed by atoms with van der Waals surface area (Å²) in [6, 6.07) is 0. The number of hydrogen-bond acceptors (Lipinski definition) is 3. The minimum absolute atomic E-state index is 0.0726. The molecule has 5 nitrogen and oxygen atoms in total. The normalized spacial score (nSPS) is 14.0. The van der Waals surface area contributed by atoms with Gasteiger partial charge in [0.15, 0.2) is 0 Å². The van der Waals surface area contributed by atoms with Crippen molar-refractivity contribution in [1.82, 2.24) is 14.9 Å². The lowest BCUT2D eigenvalue weighted by Crippen LogP contribution is -2.24. The summed E-state index contributed by atoms with van der Waals surface area (Å²) in [5.74, 6) is 0. The Morgan fingerprint density at radius 1 is 1.67 bits per heavy atom. The minimum atomic E-state index is -3.40. The van der Waals surface area contributed by atoms with Crippen LogP contribution in [-0.4, -0.2) is 30.5 Å². The van der Waals surface area contributed by atoms with Crippen LogP contribution in [0.3, 0.4) is 0 Å². The van der Waals surface area contributed by atoms with E-state index < -0.39 is 10.0 Å². The molecule has 1 heterocycles. The lowest BCUT2D eigenvalue weighted by molar-refractivity contribution is 0.576. The second kappa shape index (κ2) is 5.48. The Balaban J connectivity index is 2.39. The van der Waals surface area contributed by atoms with E-state index in [0.29, 0.717) is 6.54 Å². The monoisotopic (exact) mass is 251 g/mol. The minimum Gasteiger partial charge on any atom is -0.284 e. The first-order chi connectivity index (χ1) is 7.02. The van der Waals surface area contributed by atoms with Crippen molar-refractivity contribution in [3.8, 4) is 0 Å². The van der Waals surface area contributed by atoms with Gasteiger partial charge < -0.3 is 0 Å². The average molecular weight is 252 g/mol. The number of nitrogens with one attached hydrogen (secondary N) is 2. The largest absolute Gasteiger partial charge is 0.284 e. The van der Waals surface area contributed by atoms with Crippen molar-refractivity contribution in [2.75, 3.05) is 6.54 Å². The van der Waals surface area contributed by atoms with Gasteiger partial charge in [0, 0.05) is 18.1 Å². The van der Waals surface area contributed by atoms with E-state index in [2.05, 4.69) is 14.9 Å². The molecular formula is C8H14ClN3O2S. The van der Waals surface area contributed by atoms with E-state index in [9.17, 15) is 8.42 Å². The molecule has 15 heavy (non-hydrogen) atoms. The number of alkyl halides is 1. The fourth-order valence-electron chi connectivity index (χ4n) is 1.06. The van der Waals surface area contributed by atoms with E-state index in [4.69, 9.17) is 11.6 Å². The highest BCUT2D eigenvalue weighted by molar-refractivity contribution is 7.89. The van der Waals surface area contributed by atoms with Gasteiger partial charge in [-0.1, -0.05) is 0 Å². The Morgan fingerprint density at radius 3 is 2.93 bits per heavy atom. The molecule has 86 valence electrons. The number of sulfonamides is 1. The summed E-state index contributed by atoms with van der Waals surface area (Å²) in [5, 5.41) is 6.11. The first-order valence-electron chi connectivity index (χ1n) is 4.65. The van der Waals surface area contributed by atoms with Crippen LogP contribution in [0.25, 0.3) is 0 Å². The van der Waals surface area contributed by atoms with Gasteiger partial charge in [-0.2, -0.15) is 5.10 Å². The molecule has 0 bridgehead atoms. The summed E-state index contributed by atoms with van der Waals surface area (Å²) >= 11 is 5.74. The molecule has 0 aromatic carbocycles. The van der Waals surface area contributed by atoms with Gasteiger partial charge in [-0.05, 0) is 19.8 Å². The molecule has 0 aliphatic heterocycles. The van der Waals surface area contributed by atoms with Gasteiger partial charge in [-0.3, -0.25) is 5.10 Å². The maximum absolute atomic E-state index is 11.5. The van der Waals surface area contributed by atoms with Crippen LogP contribution in [0.5, 0.6) is 0 Å². The lowest BCUT2D eigenvalue weighted by Gasteiger charge is -2.05. The van der Waals surface area contributed by atoms with Crippen LogP contribution in [-0.2, 0) is 10.0 Å². The van der Waals surface area contributed by atoms with E-state index >= 15 is 0 Å². The number of nitrogens with zero attached hydrogens (tertiary/aromatic N) is 1. The van der Waals surface area contributed by atoms with Crippen LogP contribution in [0.1, 0.15) is 19.8 Å². The molecule has 0 aliphatic carbocycles. The Bertz CT molecular complexity index is 375. The topological polar surface area (TPSA) is 74.8 Å². The zero-order chi connectivity index (χ0) is 11.3. The van der Waals surface area contributed by atoms with Crippen molar-refractivity contribution >= 4 is 21.6 Å². The van der Waals surface area contributed by atoms with E-state index in [-0.39, 0.29) is 10.3 Å². The molecule has 1 aromatic heterocycles. The Morgan fingerprint density at radius 2 is 2.40 bits per heavy atom. The summed E-state index contributed by atoms with van der Waals surface area (Å²) in [7, 11) is -3.40. The number of H-pyrrole nitrogens is 1. The first-order valence-corrected chi connectivity index (χ1v) is 6.57. The van der Waals surface area contributed by atoms with Gasteiger partial charge in [0.05, 0.1) is 6.20 Å². The smallest absolute Gasteiger partial charge is 0.243 e. The predicted molar refractivity (Wildman–Crippen MR) is 58.3 cm³/mol. The molecule has 7 heteroatoms. The molecule has 1 unspecified atom stereocenters. The summed E-state index contributed by atoms with van der Waals surface area (Å²) in [5.41, 5.74) is 0. The van der Waals surface area contributed by atoms with E-state index in [1.807, 2.05) is 6.92 Å². The third-order valence-electron chi connectivity index (χ3n) is 1.85. The fourth-order valence-corrected chi connectivity index (χ4v) is 2.19. The third-order valence-corrected chi connectivity index (χ3v) is 3.50. The SMILES string of the molecule is CC(Cl)CCCNS(=O)(=O)c1cn[nH]c1. The average Bonchev–Trinajstić information content (AvgIpc) is 2.65. The molecule has 0 spiro atoms. The molecule has 0 aliphatic rings. The van der Waals surface area contributed by atoms with E-state index in [1.165, 1.54) is 12.4 Å². The molecule has 0 saturated heterocycles. The third kappa shape index (κ3) is 4.19. The zero-order valence-corrected chi connectivity index (χ0v) is 9.98. The van der Waals surface area contributed by atoms with Crippen LogP contribution < -0.4 is 4.72 Å². The van der Waals surface area contributed by atoms with Crippen molar-refractivity contribution in [3.63, 3.8) is 0 Å². The highest BCUT2D eigenvalue weighted by atomic mass is 35.5. The summed E-state index contributed by atoms with van der Waals surface area (Å²) in [6.45, 7) is 2.27. The second-order valence-electron chi connectivity index (χ2n) is 3.25. The maximum atomic E-state index is 11.5. The van der Waals surface area contributed by atoms with E-state index in [1.54, 1.807) is 0 Å². The molecule has 0 fully saturated rings. The summed E-state index contributed by atoms with van der Waals surface area (Å²) in [6.07, 6.45) is 4.12.